The third-order valence-corrected chi connectivity index (χ3v) is 3.05. The molecular formula is C13H19N3O3. The molecule has 0 radical (unpaired) electrons. The molecule has 1 atom stereocenters. The van der Waals surface area contributed by atoms with Crippen LogP contribution < -0.4 is 11.1 Å². The van der Waals surface area contributed by atoms with E-state index in [1.165, 1.54) is 18.2 Å². The van der Waals surface area contributed by atoms with Crippen LogP contribution in [0.3, 0.4) is 0 Å². The number of non-ortho nitro benzene ring substituents is 1. The third kappa shape index (κ3) is 3.67. The number of nitrogens with zero attached hydrogens (tertiary/aromatic N) is 1. The van der Waals surface area contributed by atoms with E-state index < -0.39 is 4.92 Å². The molecule has 0 bridgehead atoms. The first-order valence-corrected chi connectivity index (χ1v) is 6.21. The van der Waals surface area contributed by atoms with Gasteiger partial charge >= 0.3 is 0 Å². The predicted molar refractivity (Wildman–Crippen MR) is 73.9 cm³/mol. The molecular weight excluding hydrogens is 246 g/mol. The van der Waals surface area contributed by atoms with Gasteiger partial charge in [0.25, 0.3) is 11.6 Å². The molecule has 0 aliphatic carbocycles. The first kappa shape index (κ1) is 14.9. The molecule has 0 saturated heterocycles. The van der Waals surface area contributed by atoms with Gasteiger partial charge in [0, 0.05) is 23.9 Å². The minimum atomic E-state index is -0.546. The summed E-state index contributed by atoms with van der Waals surface area (Å²) in [6, 6.07) is 3.89. The van der Waals surface area contributed by atoms with Crippen LogP contribution in [-0.4, -0.2) is 16.9 Å². The number of nitrogens with two attached hydrogens (primary N) is 1. The number of nitrogen functional groups attached to an aromatic ring is 1. The second-order valence-electron chi connectivity index (χ2n) is 4.76. The van der Waals surface area contributed by atoms with Gasteiger partial charge in [-0.25, -0.2) is 0 Å². The van der Waals surface area contributed by atoms with Crippen LogP contribution in [0.1, 0.15) is 37.6 Å². The average molecular weight is 265 g/mol. The topological polar surface area (TPSA) is 98.3 Å². The van der Waals surface area contributed by atoms with Crippen LogP contribution in [-0.2, 0) is 0 Å². The molecule has 1 aromatic carbocycles. The van der Waals surface area contributed by atoms with E-state index in [0.717, 1.165) is 6.42 Å². The number of nitro groups is 1. The molecule has 0 fully saturated rings. The van der Waals surface area contributed by atoms with E-state index in [9.17, 15) is 14.9 Å². The maximum atomic E-state index is 12.1. The number of rotatable bonds is 5. The number of nitrogens with one attached hydrogen (secondary N) is 1. The fourth-order valence-electron chi connectivity index (χ4n) is 1.84. The van der Waals surface area contributed by atoms with Crippen molar-refractivity contribution in [3.63, 3.8) is 0 Å². The van der Waals surface area contributed by atoms with Gasteiger partial charge in [0.2, 0.25) is 0 Å². The summed E-state index contributed by atoms with van der Waals surface area (Å²) in [6.07, 6.45) is 0.790. The fourth-order valence-corrected chi connectivity index (χ4v) is 1.84. The van der Waals surface area contributed by atoms with Crippen LogP contribution >= 0.6 is 0 Å². The normalized spacial score (nSPS) is 12.2. The Bertz CT molecular complexity index is 486. The van der Waals surface area contributed by atoms with E-state index in [0.29, 0.717) is 0 Å². The monoisotopic (exact) mass is 265 g/mol. The van der Waals surface area contributed by atoms with Crippen LogP contribution in [0, 0.1) is 16.0 Å². The molecule has 104 valence electrons. The third-order valence-electron chi connectivity index (χ3n) is 3.05. The lowest BCUT2D eigenvalue weighted by Gasteiger charge is -2.21. The molecule has 3 N–H and O–H groups in total. The van der Waals surface area contributed by atoms with Gasteiger partial charge in [0.05, 0.1) is 10.5 Å². The summed E-state index contributed by atoms with van der Waals surface area (Å²) in [7, 11) is 0. The second-order valence-corrected chi connectivity index (χ2v) is 4.76. The predicted octanol–water partition coefficient (Wildman–Crippen LogP) is 2.34. The summed E-state index contributed by atoms with van der Waals surface area (Å²) >= 11 is 0. The number of amides is 1. The summed E-state index contributed by atoms with van der Waals surface area (Å²) in [5, 5.41) is 13.6. The Labute approximate surface area is 112 Å². The quantitative estimate of drug-likeness (QED) is 0.485. The number of carbonyl (C=O) groups excluding carboxylic acids is 1. The number of nitro benzene ring substituents is 1. The number of anilines is 1. The van der Waals surface area contributed by atoms with Gasteiger partial charge in [-0.3, -0.25) is 14.9 Å². The maximum Gasteiger partial charge on any atom is 0.270 e. The van der Waals surface area contributed by atoms with Crippen molar-refractivity contribution in [2.24, 2.45) is 5.92 Å². The number of hydrogen-bond donors (Lipinski definition) is 2. The van der Waals surface area contributed by atoms with Crippen LogP contribution in [0.4, 0.5) is 11.4 Å². The van der Waals surface area contributed by atoms with Crippen molar-refractivity contribution in [1.82, 2.24) is 5.32 Å². The van der Waals surface area contributed by atoms with Crippen molar-refractivity contribution in [2.75, 3.05) is 5.73 Å². The highest BCUT2D eigenvalue weighted by Gasteiger charge is 2.19. The zero-order valence-electron chi connectivity index (χ0n) is 11.3. The van der Waals surface area contributed by atoms with Crippen molar-refractivity contribution >= 4 is 17.3 Å². The van der Waals surface area contributed by atoms with Gasteiger partial charge in [0.1, 0.15) is 0 Å². The Hall–Kier alpha value is -2.11. The Kier molecular flexibility index (Phi) is 4.86. The molecule has 0 aromatic heterocycles. The van der Waals surface area contributed by atoms with Crippen molar-refractivity contribution < 1.29 is 9.72 Å². The minimum absolute atomic E-state index is 0.0196. The number of benzene rings is 1. The molecule has 0 saturated carbocycles. The Morgan fingerprint density at radius 2 is 2.11 bits per heavy atom. The molecule has 1 amide bonds. The molecule has 1 unspecified atom stereocenters. The van der Waals surface area contributed by atoms with Crippen molar-refractivity contribution in [1.29, 1.82) is 0 Å². The zero-order valence-corrected chi connectivity index (χ0v) is 11.3. The SMILES string of the molecule is CCC(NC(=O)c1cc([N+](=O)[O-])ccc1N)C(C)C. The molecule has 19 heavy (non-hydrogen) atoms. The van der Waals surface area contributed by atoms with Gasteiger partial charge in [-0.2, -0.15) is 0 Å². The molecule has 6 heteroatoms. The Balaban J connectivity index is 2.99. The lowest BCUT2D eigenvalue weighted by molar-refractivity contribution is -0.384. The van der Waals surface area contributed by atoms with Crippen molar-refractivity contribution in [3.05, 3.63) is 33.9 Å². The van der Waals surface area contributed by atoms with Gasteiger partial charge in [0.15, 0.2) is 0 Å². The average Bonchev–Trinajstić information content (AvgIpc) is 2.35. The van der Waals surface area contributed by atoms with Gasteiger partial charge in [-0.1, -0.05) is 20.8 Å². The van der Waals surface area contributed by atoms with Gasteiger partial charge in [-0.05, 0) is 18.4 Å². The highest BCUT2D eigenvalue weighted by atomic mass is 16.6. The summed E-state index contributed by atoms with van der Waals surface area (Å²) in [4.78, 5) is 22.3. The highest BCUT2D eigenvalue weighted by molar-refractivity contribution is 5.99. The molecule has 0 heterocycles. The molecule has 1 rings (SSSR count). The van der Waals surface area contributed by atoms with E-state index in [1.807, 2.05) is 20.8 Å². The van der Waals surface area contributed by atoms with E-state index >= 15 is 0 Å². The molecule has 0 aliphatic heterocycles. The molecule has 0 aliphatic rings. The lowest BCUT2D eigenvalue weighted by Crippen LogP contribution is -2.38. The minimum Gasteiger partial charge on any atom is -0.398 e. The second kappa shape index (κ2) is 6.17. The van der Waals surface area contributed by atoms with E-state index in [1.54, 1.807) is 0 Å². The van der Waals surface area contributed by atoms with Crippen LogP contribution in [0.25, 0.3) is 0 Å². The number of carbonyl (C=O) groups is 1. The Morgan fingerprint density at radius 3 is 2.58 bits per heavy atom. The van der Waals surface area contributed by atoms with Gasteiger partial charge < -0.3 is 11.1 Å². The van der Waals surface area contributed by atoms with E-state index in [2.05, 4.69) is 5.32 Å². The smallest absolute Gasteiger partial charge is 0.270 e. The molecule has 6 nitrogen and oxygen atoms in total. The Morgan fingerprint density at radius 1 is 1.47 bits per heavy atom. The van der Waals surface area contributed by atoms with Crippen molar-refractivity contribution in [3.8, 4) is 0 Å². The van der Waals surface area contributed by atoms with Gasteiger partial charge in [-0.15, -0.1) is 0 Å². The van der Waals surface area contributed by atoms with Crippen LogP contribution in [0.2, 0.25) is 0 Å². The largest absolute Gasteiger partial charge is 0.398 e. The summed E-state index contributed by atoms with van der Waals surface area (Å²) < 4.78 is 0. The van der Waals surface area contributed by atoms with Crippen molar-refractivity contribution in [2.45, 2.75) is 33.2 Å². The van der Waals surface area contributed by atoms with E-state index in [4.69, 9.17) is 5.73 Å². The summed E-state index contributed by atoms with van der Waals surface area (Å²) in [5.41, 5.74) is 5.94. The zero-order chi connectivity index (χ0) is 14.6. The molecule has 1 aromatic rings. The number of hydrogen-bond acceptors (Lipinski definition) is 4. The van der Waals surface area contributed by atoms with Crippen LogP contribution in [0.5, 0.6) is 0 Å². The molecule has 0 spiro atoms. The maximum absolute atomic E-state index is 12.1. The summed E-state index contributed by atoms with van der Waals surface area (Å²) in [6.45, 7) is 5.98. The fraction of sp³-hybridized carbons (Fsp3) is 0.462. The standard InChI is InChI=1S/C13H19N3O3/c1-4-12(8(2)3)15-13(17)10-7-9(16(18)19)5-6-11(10)14/h5-8,12H,4,14H2,1-3H3,(H,15,17). The lowest BCUT2D eigenvalue weighted by atomic mass is 10.0. The highest BCUT2D eigenvalue weighted by Crippen LogP contribution is 2.20. The first-order chi connectivity index (χ1) is 8.86. The van der Waals surface area contributed by atoms with E-state index in [-0.39, 0.29) is 34.8 Å². The summed E-state index contributed by atoms with van der Waals surface area (Å²) in [5.74, 6) is -0.0874. The van der Waals surface area contributed by atoms with Crippen LogP contribution in [0.15, 0.2) is 18.2 Å². The first-order valence-electron chi connectivity index (χ1n) is 6.21.